The Morgan fingerprint density at radius 2 is 2.05 bits per heavy atom. The fourth-order valence-corrected chi connectivity index (χ4v) is 4.02. The van der Waals surface area contributed by atoms with Gasteiger partial charge in [0.2, 0.25) is 5.91 Å². The first-order valence-corrected chi connectivity index (χ1v) is 8.09. The van der Waals surface area contributed by atoms with E-state index in [4.69, 9.17) is 0 Å². The van der Waals surface area contributed by atoms with Crippen LogP contribution in [0.15, 0.2) is 12.2 Å². The molecule has 1 saturated carbocycles. The molecule has 1 saturated heterocycles. The monoisotopic (exact) mass is 277 g/mol. The minimum absolute atomic E-state index is 0.130. The molecule has 0 aromatic rings. The smallest absolute Gasteiger partial charge is 0.233 e. The number of piperidine rings is 1. The highest BCUT2D eigenvalue weighted by Gasteiger charge is 2.35. The maximum atomic E-state index is 11.4. The van der Waals surface area contributed by atoms with E-state index in [2.05, 4.69) is 27.7 Å². The summed E-state index contributed by atoms with van der Waals surface area (Å²) < 4.78 is 0. The highest BCUT2D eigenvalue weighted by molar-refractivity contribution is 5.77. The quantitative estimate of drug-likeness (QED) is 0.737. The Morgan fingerprint density at radius 3 is 2.65 bits per heavy atom. The molecule has 3 aliphatic rings. The Morgan fingerprint density at radius 1 is 1.25 bits per heavy atom. The number of likely N-dealkylation sites (tertiary alicyclic amines) is 1. The van der Waals surface area contributed by atoms with Gasteiger partial charge in [-0.2, -0.15) is 0 Å². The number of nitrogens with zero attached hydrogens (tertiary/aromatic N) is 1. The Bertz CT molecular complexity index is 374. The summed E-state index contributed by atoms with van der Waals surface area (Å²) in [5.74, 6) is 2.72. The number of hydrogen-bond donors (Lipinski definition) is 2. The average molecular weight is 277 g/mol. The zero-order valence-electron chi connectivity index (χ0n) is 12.5. The van der Waals surface area contributed by atoms with Gasteiger partial charge in [-0.1, -0.05) is 12.2 Å². The predicted molar refractivity (Wildman–Crippen MR) is 80.4 cm³/mol. The topological polar surface area (TPSA) is 44.4 Å². The third-order valence-electron chi connectivity index (χ3n) is 5.32. The molecule has 3 rings (SSSR count). The van der Waals surface area contributed by atoms with Crippen molar-refractivity contribution in [2.45, 2.75) is 31.7 Å². The van der Waals surface area contributed by atoms with Gasteiger partial charge in [0.05, 0.1) is 6.54 Å². The molecule has 0 aromatic carbocycles. The average Bonchev–Trinajstić information content (AvgIpc) is 3.09. The second-order valence-electron chi connectivity index (χ2n) is 6.67. The maximum Gasteiger partial charge on any atom is 0.233 e. The molecular weight excluding hydrogens is 250 g/mol. The number of carbonyl (C=O) groups is 1. The zero-order chi connectivity index (χ0) is 13.9. The number of amides is 1. The van der Waals surface area contributed by atoms with Crippen LogP contribution in [0.1, 0.15) is 25.7 Å². The first-order chi connectivity index (χ1) is 9.74. The summed E-state index contributed by atoms with van der Waals surface area (Å²) in [6.45, 7) is 3.83. The highest BCUT2D eigenvalue weighted by Crippen LogP contribution is 2.43. The molecule has 20 heavy (non-hydrogen) atoms. The van der Waals surface area contributed by atoms with Crippen LogP contribution in [0.4, 0.5) is 0 Å². The van der Waals surface area contributed by atoms with Crippen LogP contribution in [0.25, 0.3) is 0 Å². The van der Waals surface area contributed by atoms with Crippen LogP contribution in [0, 0.1) is 17.8 Å². The van der Waals surface area contributed by atoms with Crippen LogP contribution in [-0.4, -0.2) is 50.1 Å². The summed E-state index contributed by atoms with van der Waals surface area (Å²) in [6.07, 6.45) is 9.99. The molecule has 1 heterocycles. The van der Waals surface area contributed by atoms with Gasteiger partial charge >= 0.3 is 0 Å². The van der Waals surface area contributed by atoms with E-state index in [1.54, 1.807) is 7.05 Å². The fraction of sp³-hybridized carbons (Fsp3) is 0.812. The Kier molecular flexibility index (Phi) is 4.41. The van der Waals surface area contributed by atoms with Crippen LogP contribution in [0.5, 0.6) is 0 Å². The first kappa shape index (κ1) is 14.1. The summed E-state index contributed by atoms with van der Waals surface area (Å²) >= 11 is 0. The molecule has 0 aromatic heterocycles. The SMILES string of the molecule is CNC(=O)CN1CCC(NCC2CC3C=CC2C3)CC1. The van der Waals surface area contributed by atoms with Crippen molar-refractivity contribution in [2.24, 2.45) is 17.8 Å². The summed E-state index contributed by atoms with van der Waals surface area (Å²) in [7, 11) is 1.71. The van der Waals surface area contributed by atoms with Gasteiger partial charge in [-0.25, -0.2) is 0 Å². The number of hydrogen-bond acceptors (Lipinski definition) is 3. The normalized spacial score (nSPS) is 33.8. The van der Waals surface area contributed by atoms with Crippen molar-refractivity contribution < 1.29 is 4.79 Å². The van der Waals surface area contributed by atoms with Crippen molar-refractivity contribution in [1.82, 2.24) is 15.5 Å². The molecule has 2 fully saturated rings. The molecule has 2 N–H and O–H groups in total. The van der Waals surface area contributed by atoms with E-state index < -0.39 is 0 Å². The maximum absolute atomic E-state index is 11.4. The van der Waals surface area contributed by atoms with Crippen LogP contribution in [-0.2, 0) is 4.79 Å². The lowest BCUT2D eigenvalue weighted by Gasteiger charge is -2.33. The summed E-state index contributed by atoms with van der Waals surface area (Å²) in [4.78, 5) is 13.6. The molecule has 3 unspecified atom stereocenters. The molecule has 0 radical (unpaired) electrons. The molecule has 2 aliphatic carbocycles. The molecule has 112 valence electrons. The predicted octanol–water partition coefficient (Wildman–Crippen LogP) is 0.999. The van der Waals surface area contributed by atoms with Gasteiger partial charge in [-0.05, 0) is 50.0 Å². The van der Waals surface area contributed by atoms with Crippen molar-refractivity contribution in [1.29, 1.82) is 0 Å². The van der Waals surface area contributed by atoms with Gasteiger partial charge in [-0.15, -0.1) is 0 Å². The number of nitrogens with one attached hydrogen (secondary N) is 2. The second kappa shape index (κ2) is 6.27. The van der Waals surface area contributed by atoms with E-state index in [-0.39, 0.29) is 5.91 Å². The number of allylic oxidation sites excluding steroid dienone is 2. The molecule has 0 spiro atoms. The first-order valence-electron chi connectivity index (χ1n) is 8.09. The van der Waals surface area contributed by atoms with Crippen molar-refractivity contribution in [2.75, 3.05) is 33.2 Å². The van der Waals surface area contributed by atoms with Crippen LogP contribution >= 0.6 is 0 Å². The minimum atomic E-state index is 0.130. The van der Waals surface area contributed by atoms with Crippen molar-refractivity contribution in [3.63, 3.8) is 0 Å². The fourth-order valence-electron chi connectivity index (χ4n) is 4.02. The molecule has 1 aliphatic heterocycles. The molecular formula is C16H27N3O. The molecule has 1 amide bonds. The van der Waals surface area contributed by atoms with Crippen molar-refractivity contribution in [3.8, 4) is 0 Å². The zero-order valence-corrected chi connectivity index (χ0v) is 12.5. The Hall–Kier alpha value is -0.870. The lowest BCUT2D eigenvalue weighted by atomic mass is 9.93. The van der Waals surface area contributed by atoms with E-state index in [1.807, 2.05) is 0 Å². The van der Waals surface area contributed by atoms with Crippen LogP contribution in [0.3, 0.4) is 0 Å². The van der Waals surface area contributed by atoms with Gasteiger partial charge in [0.1, 0.15) is 0 Å². The van der Waals surface area contributed by atoms with Crippen molar-refractivity contribution in [3.05, 3.63) is 12.2 Å². The number of fused-ring (bicyclic) bond motifs is 2. The standard InChI is InChI=1S/C16H27N3O/c1-17-16(20)11-19-6-4-15(5-7-19)18-10-14-9-12-2-3-13(14)8-12/h2-3,12-15,18H,4-11H2,1H3,(H,17,20). The van der Waals surface area contributed by atoms with E-state index in [0.717, 1.165) is 30.8 Å². The van der Waals surface area contributed by atoms with Crippen LogP contribution < -0.4 is 10.6 Å². The van der Waals surface area contributed by atoms with Gasteiger partial charge in [0.15, 0.2) is 0 Å². The molecule has 3 atom stereocenters. The summed E-state index contributed by atoms with van der Waals surface area (Å²) in [5, 5.41) is 6.47. The Labute approximate surface area is 122 Å². The van der Waals surface area contributed by atoms with E-state index >= 15 is 0 Å². The van der Waals surface area contributed by atoms with Gasteiger partial charge < -0.3 is 10.6 Å². The Balaban J connectivity index is 1.35. The second-order valence-corrected chi connectivity index (χ2v) is 6.67. The molecule has 4 heteroatoms. The number of carbonyl (C=O) groups excluding carboxylic acids is 1. The summed E-state index contributed by atoms with van der Waals surface area (Å²) in [6, 6.07) is 0.652. The van der Waals surface area contributed by atoms with E-state index in [9.17, 15) is 4.79 Å². The minimum Gasteiger partial charge on any atom is -0.358 e. The highest BCUT2D eigenvalue weighted by atomic mass is 16.1. The molecule has 4 nitrogen and oxygen atoms in total. The lowest BCUT2D eigenvalue weighted by Crippen LogP contribution is -2.46. The van der Waals surface area contributed by atoms with Gasteiger partial charge in [0, 0.05) is 26.2 Å². The number of likely N-dealkylation sites (N-methyl/N-ethyl adjacent to an activating group) is 1. The lowest BCUT2D eigenvalue weighted by molar-refractivity contribution is -0.122. The van der Waals surface area contributed by atoms with Crippen molar-refractivity contribution >= 4 is 5.91 Å². The largest absolute Gasteiger partial charge is 0.358 e. The third-order valence-corrected chi connectivity index (χ3v) is 5.32. The number of rotatable bonds is 5. The van der Waals surface area contributed by atoms with Gasteiger partial charge in [0.25, 0.3) is 0 Å². The molecule has 2 bridgehead atoms. The van der Waals surface area contributed by atoms with Crippen LogP contribution in [0.2, 0.25) is 0 Å². The third kappa shape index (κ3) is 3.23. The van der Waals surface area contributed by atoms with E-state index in [1.165, 1.54) is 32.2 Å². The summed E-state index contributed by atoms with van der Waals surface area (Å²) in [5.41, 5.74) is 0. The van der Waals surface area contributed by atoms with E-state index in [0.29, 0.717) is 12.6 Å². The van der Waals surface area contributed by atoms with Gasteiger partial charge in [-0.3, -0.25) is 9.69 Å².